The summed E-state index contributed by atoms with van der Waals surface area (Å²) in [5.41, 5.74) is 0.626. The summed E-state index contributed by atoms with van der Waals surface area (Å²) in [5.74, 6) is 1.17. The van der Waals surface area contributed by atoms with Gasteiger partial charge in [0.2, 0.25) is 0 Å². The van der Waals surface area contributed by atoms with Gasteiger partial charge in [-0.15, -0.1) is 0 Å². The van der Waals surface area contributed by atoms with Crippen molar-refractivity contribution in [2.75, 3.05) is 13.7 Å². The number of ether oxygens (including phenoxy) is 1. The Morgan fingerprint density at radius 3 is 2.93 bits per heavy atom. The summed E-state index contributed by atoms with van der Waals surface area (Å²) in [6.07, 6.45) is 2.49. The Morgan fingerprint density at radius 2 is 2.27 bits per heavy atom. The molecule has 1 N–H and O–H groups in total. The van der Waals surface area contributed by atoms with Crippen molar-refractivity contribution in [3.05, 3.63) is 29.6 Å². The van der Waals surface area contributed by atoms with E-state index >= 15 is 0 Å². The van der Waals surface area contributed by atoms with Gasteiger partial charge in [0.05, 0.1) is 6.61 Å². The first-order chi connectivity index (χ1) is 7.31. The SMILES string of the molecule is CNCc1c(F)cccc1OCC1CC1. The molecule has 3 heteroatoms. The van der Waals surface area contributed by atoms with Crippen LogP contribution in [0.5, 0.6) is 5.75 Å². The smallest absolute Gasteiger partial charge is 0.131 e. The van der Waals surface area contributed by atoms with Gasteiger partial charge < -0.3 is 10.1 Å². The highest BCUT2D eigenvalue weighted by molar-refractivity contribution is 5.34. The molecule has 0 aliphatic heterocycles. The van der Waals surface area contributed by atoms with E-state index in [1.165, 1.54) is 18.9 Å². The molecule has 0 amide bonds. The van der Waals surface area contributed by atoms with E-state index in [0.29, 0.717) is 23.8 Å². The van der Waals surface area contributed by atoms with Gasteiger partial charge in [0.1, 0.15) is 11.6 Å². The van der Waals surface area contributed by atoms with Crippen LogP contribution in [0.15, 0.2) is 18.2 Å². The lowest BCUT2D eigenvalue weighted by Crippen LogP contribution is -2.10. The molecule has 1 saturated carbocycles. The second-order valence-corrected chi connectivity index (χ2v) is 4.00. The molecule has 0 spiro atoms. The maximum atomic E-state index is 13.5. The van der Waals surface area contributed by atoms with Gasteiger partial charge in [-0.2, -0.15) is 0 Å². The molecular weight excluding hydrogens is 193 g/mol. The largest absolute Gasteiger partial charge is 0.493 e. The van der Waals surface area contributed by atoms with Crippen LogP contribution in [0.2, 0.25) is 0 Å². The Hall–Kier alpha value is -1.09. The molecule has 0 atom stereocenters. The molecule has 15 heavy (non-hydrogen) atoms. The van der Waals surface area contributed by atoms with Gasteiger partial charge in [0.25, 0.3) is 0 Å². The summed E-state index contributed by atoms with van der Waals surface area (Å²) in [4.78, 5) is 0. The average Bonchev–Trinajstić information content (AvgIpc) is 3.03. The Bertz CT molecular complexity index is 336. The highest BCUT2D eigenvalue weighted by Crippen LogP contribution is 2.30. The van der Waals surface area contributed by atoms with E-state index < -0.39 is 0 Å². The first kappa shape index (κ1) is 10.4. The minimum Gasteiger partial charge on any atom is -0.493 e. The average molecular weight is 209 g/mol. The first-order valence-corrected chi connectivity index (χ1v) is 5.36. The maximum absolute atomic E-state index is 13.5. The van der Waals surface area contributed by atoms with Crippen LogP contribution in [0.25, 0.3) is 0 Å². The highest BCUT2D eigenvalue weighted by Gasteiger charge is 2.22. The van der Waals surface area contributed by atoms with E-state index in [9.17, 15) is 4.39 Å². The summed E-state index contributed by atoms with van der Waals surface area (Å²) in [7, 11) is 1.80. The van der Waals surface area contributed by atoms with Crippen LogP contribution in [0.1, 0.15) is 18.4 Å². The minimum absolute atomic E-state index is 0.197. The van der Waals surface area contributed by atoms with Gasteiger partial charge >= 0.3 is 0 Å². The molecule has 1 aliphatic rings. The molecule has 82 valence electrons. The minimum atomic E-state index is -0.197. The fourth-order valence-electron chi connectivity index (χ4n) is 1.51. The third-order valence-corrected chi connectivity index (χ3v) is 2.60. The van der Waals surface area contributed by atoms with Crippen molar-refractivity contribution in [1.29, 1.82) is 0 Å². The number of nitrogens with one attached hydrogen (secondary N) is 1. The standard InChI is InChI=1S/C12H16FNO/c1-14-7-10-11(13)3-2-4-12(10)15-8-9-5-6-9/h2-4,9,14H,5-8H2,1H3. The Kier molecular flexibility index (Phi) is 3.21. The van der Waals surface area contributed by atoms with Gasteiger partial charge in [-0.25, -0.2) is 4.39 Å². The number of hydrogen-bond donors (Lipinski definition) is 1. The fraction of sp³-hybridized carbons (Fsp3) is 0.500. The van der Waals surface area contributed by atoms with Crippen molar-refractivity contribution in [3.8, 4) is 5.75 Å². The summed E-state index contributed by atoms with van der Waals surface area (Å²) < 4.78 is 19.1. The van der Waals surface area contributed by atoms with Crippen molar-refractivity contribution in [2.24, 2.45) is 5.92 Å². The predicted molar refractivity (Wildman–Crippen MR) is 57.4 cm³/mol. The third-order valence-electron chi connectivity index (χ3n) is 2.60. The summed E-state index contributed by atoms with van der Waals surface area (Å²) in [6.45, 7) is 1.23. The van der Waals surface area contributed by atoms with Crippen molar-refractivity contribution >= 4 is 0 Å². The molecule has 1 aliphatic carbocycles. The van der Waals surface area contributed by atoms with Gasteiger partial charge in [-0.05, 0) is 37.9 Å². The van der Waals surface area contributed by atoms with Crippen LogP contribution in [-0.4, -0.2) is 13.7 Å². The molecule has 0 bridgehead atoms. The van der Waals surface area contributed by atoms with Crippen LogP contribution in [0, 0.1) is 11.7 Å². The summed E-state index contributed by atoms with van der Waals surface area (Å²) >= 11 is 0. The Balaban J connectivity index is 2.08. The fourth-order valence-corrected chi connectivity index (χ4v) is 1.51. The molecule has 2 nitrogen and oxygen atoms in total. The lowest BCUT2D eigenvalue weighted by Gasteiger charge is -2.11. The summed E-state index contributed by atoms with van der Waals surface area (Å²) in [6, 6.07) is 4.99. The van der Waals surface area contributed by atoms with Crippen molar-refractivity contribution in [3.63, 3.8) is 0 Å². The molecule has 0 saturated heterocycles. The van der Waals surface area contributed by atoms with Gasteiger partial charge in [-0.1, -0.05) is 6.07 Å². The lowest BCUT2D eigenvalue weighted by atomic mass is 10.2. The normalized spacial score (nSPS) is 15.3. The highest BCUT2D eigenvalue weighted by atomic mass is 19.1. The van der Waals surface area contributed by atoms with Crippen LogP contribution in [0.4, 0.5) is 4.39 Å². The maximum Gasteiger partial charge on any atom is 0.131 e. The molecule has 1 aromatic rings. The van der Waals surface area contributed by atoms with E-state index in [0.717, 1.165) is 6.61 Å². The number of hydrogen-bond acceptors (Lipinski definition) is 2. The Labute approximate surface area is 89.4 Å². The zero-order valence-electron chi connectivity index (χ0n) is 8.92. The molecule has 1 aromatic carbocycles. The second-order valence-electron chi connectivity index (χ2n) is 4.00. The van der Waals surface area contributed by atoms with Crippen LogP contribution in [0.3, 0.4) is 0 Å². The monoisotopic (exact) mass is 209 g/mol. The first-order valence-electron chi connectivity index (χ1n) is 5.36. The molecule has 0 radical (unpaired) electrons. The van der Waals surface area contributed by atoms with Gasteiger partial charge in [-0.3, -0.25) is 0 Å². The van der Waals surface area contributed by atoms with Crippen LogP contribution < -0.4 is 10.1 Å². The van der Waals surface area contributed by atoms with Crippen molar-refractivity contribution in [2.45, 2.75) is 19.4 Å². The zero-order valence-corrected chi connectivity index (χ0v) is 8.92. The van der Waals surface area contributed by atoms with E-state index in [-0.39, 0.29) is 5.82 Å². The molecule has 0 unspecified atom stereocenters. The molecule has 2 rings (SSSR count). The van der Waals surface area contributed by atoms with E-state index in [4.69, 9.17) is 4.74 Å². The number of benzene rings is 1. The quantitative estimate of drug-likeness (QED) is 0.803. The predicted octanol–water partition coefficient (Wildman–Crippen LogP) is 2.33. The third kappa shape index (κ3) is 2.69. The van der Waals surface area contributed by atoms with Gasteiger partial charge in [0.15, 0.2) is 0 Å². The lowest BCUT2D eigenvalue weighted by molar-refractivity contribution is 0.294. The molecule has 0 aromatic heterocycles. The van der Waals surface area contributed by atoms with Crippen molar-refractivity contribution in [1.82, 2.24) is 5.32 Å². The van der Waals surface area contributed by atoms with Gasteiger partial charge in [0, 0.05) is 12.1 Å². The zero-order chi connectivity index (χ0) is 10.7. The van der Waals surface area contributed by atoms with E-state index in [1.807, 2.05) is 6.07 Å². The Morgan fingerprint density at radius 1 is 1.47 bits per heavy atom. The van der Waals surface area contributed by atoms with E-state index in [2.05, 4.69) is 5.32 Å². The van der Waals surface area contributed by atoms with Crippen LogP contribution >= 0.6 is 0 Å². The molecule has 0 heterocycles. The number of rotatable bonds is 5. The van der Waals surface area contributed by atoms with Crippen LogP contribution in [-0.2, 0) is 6.54 Å². The van der Waals surface area contributed by atoms with E-state index in [1.54, 1.807) is 13.1 Å². The van der Waals surface area contributed by atoms with Crippen molar-refractivity contribution < 1.29 is 9.13 Å². The second kappa shape index (κ2) is 4.62. The summed E-state index contributed by atoms with van der Waals surface area (Å²) in [5, 5.41) is 2.95. The molecule has 1 fully saturated rings. The number of halogens is 1. The molecular formula is C12H16FNO. The topological polar surface area (TPSA) is 21.3 Å².